The van der Waals surface area contributed by atoms with Gasteiger partial charge in [-0.25, -0.2) is 0 Å². The van der Waals surface area contributed by atoms with Gasteiger partial charge in [-0.05, 0) is 18.3 Å². The fourth-order valence-electron chi connectivity index (χ4n) is 1.59. The number of hydrazine groups is 1. The topological polar surface area (TPSA) is 63.8 Å². The second-order valence-electron chi connectivity index (χ2n) is 3.88. The van der Waals surface area contributed by atoms with Crippen LogP contribution in [0.3, 0.4) is 0 Å². The van der Waals surface area contributed by atoms with Gasteiger partial charge in [0.25, 0.3) is 0 Å². The Bertz CT molecular complexity index is 281. The molecule has 1 saturated carbocycles. The standard InChI is InChI=1S/C9H14N4/c1-9(2-3-9)8(13-10)7-6-11-4-5-12-7/h4-6,8,13H,2-3,10H2,1H3. The van der Waals surface area contributed by atoms with Crippen LogP contribution >= 0.6 is 0 Å². The van der Waals surface area contributed by atoms with E-state index < -0.39 is 0 Å². The van der Waals surface area contributed by atoms with Crippen LogP contribution in [0.25, 0.3) is 0 Å². The molecule has 13 heavy (non-hydrogen) atoms. The van der Waals surface area contributed by atoms with Gasteiger partial charge in [-0.15, -0.1) is 0 Å². The molecular formula is C9H14N4. The third kappa shape index (κ3) is 1.55. The third-order valence-electron chi connectivity index (χ3n) is 2.78. The summed E-state index contributed by atoms with van der Waals surface area (Å²) in [6.45, 7) is 2.21. The largest absolute Gasteiger partial charge is 0.271 e. The molecule has 0 aliphatic heterocycles. The summed E-state index contributed by atoms with van der Waals surface area (Å²) in [6.07, 6.45) is 7.56. The van der Waals surface area contributed by atoms with Crippen molar-refractivity contribution >= 4 is 0 Å². The fraction of sp³-hybridized carbons (Fsp3) is 0.556. The second kappa shape index (κ2) is 3.05. The third-order valence-corrected chi connectivity index (χ3v) is 2.78. The van der Waals surface area contributed by atoms with Crippen LogP contribution in [-0.4, -0.2) is 9.97 Å². The minimum absolute atomic E-state index is 0.140. The molecule has 1 aromatic heterocycles. The van der Waals surface area contributed by atoms with Crippen LogP contribution in [0.4, 0.5) is 0 Å². The van der Waals surface area contributed by atoms with Crippen LogP contribution in [0.5, 0.6) is 0 Å². The second-order valence-corrected chi connectivity index (χ2v) is 3.88. The van der Waals surface area contributed by atoms with E-state index in [9.17, 15) is 0 Å². The Labute approximate surface area is 77.5 Å². The Morgan fingerprint density at radius 1 is 1.54 bits per heavy atom. The lowest BCUT2D eigenvalue weighted by Gasteiger charge is -2.21. The van der Waals surface area contributed by atoms with Crippen molar-refractivity contribution < 1.29 is 0 Å². The Kier molecular flexibility index (Phi) is 2.01. The summed E-state index contributed by atoms with van der Waals surface area (Å²) < 4.78 is 0. The van der Waals surface area contributed by atoms with Crippen molar-refractivity contribution in [1.82, 2.24) is 15.4 Å². The van der Waals surface area contributed by atoms with Crippen LogP contribution in [0.1, 0.15) is 31.5 Å². The van der Waals surface area contributed by atoms with Gasteiger partial charge in [-0.1, -0.05) is 6.92 Å². The first kappa shape index (κ1) is 8.59. The van der Waals surface area contributed by atoms with Crippen LogP contribution < -0.4 is 11.3 Å². The molecule has 1 fully saturated rings. The molecule has 3 N–H and O–H groups in total. The predicted octanol–water partition coefficient (Wildman–Crippen LogP) is 0.781. The summed E-state index contributed by atoms with van der Waals surface area (Å²) in [4.78, 5) is 8.29. The van der Waals surface area contributed by atoms with E-state index >= 15 is 0 Å². The van der Waals surface area contributed by atoms with E-state index in [0.717, 1.165) is 5.69 Å². The van der Waals surface area contributed by atoms with Crippen molar-refractivity contribution in [2.45, 2.75) is 25.8 Å². The van der Waals surface area contributed by atoms with Gasteiger partial charge in [0, 0.05) is 12.4 Å². The molecular weight excluding hydrogens is 164 g/mol. The zero-order valence-corrected chi connectivity index (χ0v) is 7.70. The maximum Gasteiger partial charge on any atom is 0.0775 e. The van der Waals surface area contributed by atoms with Crippen molar-refractivity contribution in [1.29, 1.82) is 0 Å². The first-order chi connectivity index (χ1) is 6.26. The zero-order chi connectivity index (χ0) is 9.31. The van der Waals surface area contributed by atoms with Crippen molar-refractivity contribution in [3.63, 3.8) is 0 Å². The fourth-order valence-corrected chi connectivity index (χ4v) is 1.59. The molecule has 0 spiro atoms. The van der Waals surface area contributed by atoms with E-state index in [1.165, 1.54) is 12.8 Å². The lowest BCUT2D eigenvalue weighted by Crippen LogP contribution is -2.34. The molecule has 0 radical (unpaired) electrons. The predicted molar refractivity (Wildman–Crippen MR) is 49.4 cm³/mol. The average Bonchev–Trinajstić information content (AvgIpc) is 2.87. The number of aromatic nitrogens is 2. The number of hydrogen-bond donors (Lipinski definition) is 2. The highest BCUT2D eigenvalue weighted by Gasteiger charge is 2.45. The molecule has 1 aliphatic carbocycles. The van der Waals surface area contributed by atoms with Gasteiger partial charge in [-0.2, -0.15) is 0 Å². The van der Waals surface area contributed by atoms with Gasteiger partial charge >= 0.3 is 0 Å². The Morgan fingerprint density at radius 2 is 2.31 bits per heavy atom. The molecule has 1 heterocycles. The molecule has 1 unspecified atom stereocenters. The van der Waals surface area contributed by atoms with Gasteiger partial charge in [0.2, 0.25) is 0 Å². The molecule has 2 rings (SSSR count). The monoisotopic (exact) mass is 178 g/mol. The van der Waals surface area contributed by atoms with Crippen LogP contribution in [0.15, 0.2) is 18.6 Å². The Balaban J connectivity index is 2.23. The lowest BCUT2D eigenvalue weighted by molar-refractivity contribution is 0.364. The smallest absolute Gasteiger partial charge is 0.0775 e. The lowest BCUT2D eigenvalue weighted by atomic mass is 9.97. The molecule has 4 nitrogen and oxygen atoms in total. The number of hydrogen-bond acceptors (Lipinski definition) is 4. The van der Waals surface area contributed by atoms with Crippen molar-refractivity contribution in [3.05, 3.63) is 24.3 Å². The zero-order valence-electron chi connectivity index (χ0n) is 7.70. The minimum atomic E-state index is 0.140. The maximum atomic E-state index is 5.51. The molecule has 4 heteroatoms. The van der Waals surface area contributed by atoms with E-state index in [0.29, 0.717) is 0 Å². The Morgan fingerprint density at radius 3 is 2.77 bits per heavy atom. The molecule has 0 saturated heterocycles. The minimum Gasteiger partial charge on any atom is -0.271 e. The molecule has 1 aliphatic rings. The highest BCUT2D eigenvalue weighted by Crippen LogP contribution is 2.53. The molecule has 0 amide bonds. The summed E-state index contributed by atoms with van der Waals surface area (Å²) in [7, 11) is 0. The average molecular weight is 178 g/mol. The van der Waals surface area contributed by atoms with Crippen LogP contribution in [0, 0.1) is 5.41 Å². The maximum absolute atomic E-state index is 5.51. The summed E-state index contributed by atoms with van der Waals surface area (Å²) in [5.41, 5.74) is 4.04. The molecule has 1 aromatic rings. The van der Waals surface area contributed by atoms with Gasteiger partial charge in [0.05, 0.1) is 17.9 Å². The summed E-state index contributed by atoms with van der Waals surface area (Å²) in [6, 6.07) is 0.140. The van der Waals surface area contributed by atoms with E-state index in [1.807, 2.05) is 0 Å². The van der Waals surface area contributed by atoms with Crippen molar-refractivity contribution in [2.24, 2.45) is 11.3 Å². The van der Waals surface area contributed by atoms with Gasteiger partial charge in [-0.3, -0.25) is 21.2 Å². The molecule has 1 atom stereocenters. The number of nitrogens with zero attached hydrogens (tertiary/aromatic N) is 2. The van der Waals surface area contributed by atoms with E-state index in [-0.39, 0.29) is 11.5 Å². The number of rotatable bonds is 3. The summed E-state index contributed by atoms with van der Waals surface area (Å²) >= 11 is 0. The highest BCUT2D eigenvalue weighted by molar-refractivity contribution is 5.12. The van der Waals surface area contributed by atoms with Gasteiger partial charge < -0.3 is 0 Å². The highest BCUT2D eigenvalue weighted by atomic mass is 15.2. The summed E-state index contributed by atoms with van der Waals surface area (Å²) in [5, 5.41) is 0. The first-order valence-corrected chi connectivity index (χ1v) is 4.48. The van der Waals surface area contributed by atoms with Crippen molar-refractivity contribution in [3.8, 4) is 0 Å². The van der Waals surface area contributed by atoms with Crippen molar-refractivity contribution in [2.75, 3.05) is 0 Å². The van der Waals surface area contributed by atoms with E-state index in [2.05, 4.69) is 22.3 Å². The molecule has 70 valence electrons. The Hall–Kier alpha value is -1.00. The van der Waals surface area contributed by atoms with Crippen LogP contribution in [0.2, 0.25) is 0 Å². The molecule has 0 bridgehead atoms. The van der Waals surface area contributed by atoms with Crippen LogP contribution in [-0.2, 0) is 0 Å². The quantitative estimate of drug-likeness (QED) is 0.530. The normalized spacial score (nSPS) is 21.1. The first-order valence-electron chi connectivity index (χ1n) is 4.48. The number of nitrogens with one attached hydrogen (secondary N) is 1. The van der Waals surface area contributed by atoms with E-state index in [1.54, 1.807) is 18.6 Å². The van der Waals surface area contributed by atoms with E-state index in [4.69, 9.17) is 5.84 Å². The summed E-state index contributed by atoms with van der Waals surface area (Å²) in [5.74, 6) is 5.51. The van der Waals surface area contributed by atoms with Gasteiger partial charge in [0.1, 0.15) is 0 Å². The van der Waals surface area contributed by atoms with Gasteiger partial charge in [0.15, 0.2) is 0 Å². The number of nitrogens with two attached hydrogens (primary N) is 1. The SMILES string of the molecule is CC1(C(NN)c2cnccn2)CC1. The molecule has 0 aromatic carbocycles.